The molecule has 0 saturated carbocycles. The summed E-state index contributed by atoms with van der Waals surface area (Å²) in [5, 5.41) is 4.50. The Balaban J connectivity index is 1.84. The number of nitrogens with zero attached hydrogens (tertiary/aromatic N) is 2. The number of halogens is 1. The van der Waals surface area contributed by atoms with Crippen LogP contribution in [0.15, 0.2) is 36.7 Å². The molecule has 4 heteroatoms. The third-order valence-electron chi connectivity index (χ3n) is 3.32. The van der Waals surface area contributed by atoms with Gasteiger partial charge in [0.15, 0.2) is 0 Å². The third-order valence-corrected chi connectivity index (χ3v) is 4.00. The van der Waals surface area contributed by atoms with E-state index in [2.05, 4.69) is 62.8 Å². The quantitative estimate of drug-likeness (QED) is 0.772. The Bertz CT molecular complexity index is 532. The van der Waals surface area contributed by atoms with Gasteiger partial charge in [0.1, 0.15) is 0 Å². The van der Waals surface area contributed by atoms with Crippen LogP contribution in [0.5, 0.6) is 0 Å². The van der Waals surface area contributed by atoms with Crippen LogP contribution in [0, 0.1) is 3.57 Å². The van der Waals surface area contributed by atoms with E-state index in [1.165, 1.54) is 14.7 Å². The molecule has 0 spiro atoms. The number of aromatic nitrogens is 2. The highest BCUT2D eigenvalue weighted by Crippen LogP contribution is 2.25. The molecule has 0 N–H and O–H groups in total. The number of hydrogen-bond donors (Lipinski definition) is 0. The zero-order valence-electron chi connectivity index (χ0n) is 10.1. The van der Waals surface area contributed by atoms with Gasteiger partial charge >= 0.3 is 0 Å². The topological polar surface area (TPSA) is 27.1 Å². The molecule has 18 heavy (non-hydrogen) atoms. The molecule has 3 rings (SSSR count). The summed E-state index contributed by atoms with van der Waals surface area (Å²) in [7, 11) is 0. The predicted molar refractivity (Wildman–Crippen MR) is 79.5 cm³/mol. The molecule has 0 amide bonds. The van der Waals surface area contributed by atoms with Crippen molar-refractivity contribution >= 4 is 22.6 Å². The van der Waals surface area contributed by atoms with Crippen molar-refractivity contribution in [2.45, 2.75) is 18.9 Å². The second-order valence-electron chi connectivity index (χ2n) is 4.56. The summed E-state index contributed by atoms with van der Waals surface area (Å²) in [6.45, 7) is 1.70. The van der Waals surface area contributed by atoms with Gasteiger partial charge in [-0.05, 0) is 53.1 Å². The van der Waals surface area contributed by atoms with Crippen molar-refractivity contribution in [2.24, 2.45) is 0 Å². The molecular formula is C14H15IN2O. The smallest absolute Gasteiger partial charge is 0.0568 e. The molecule has 2 aromatic rings. The van der Waals surface area contributed by atoms with Crippen LogP contribution >= 0.6 is 22.6 Å². The molecule has 3 nitrogen and oxygen atoms in total. The van der Waals surface area contributed by atoms with E-state index in [4.69, 9.17) is 4.74 Å². The fourth-order valence-electron chi connectivity index (χ4n) is 2.30. The van der Waals surface area contributed by atoms with E-state index in [9.17, 15) is 0 Å². The molecule has 1 aromatic heterocycles. The maximum atomic E-state index is 5.39. The molecule has 1 fully saturated rings. The highest BCUT2D eigenvalue weighted by molar-refractivity contribution is 14.1. The Hall–Kier alpha value is -0.880. The van der Waals surface area contributed by atoms with Crippen LogP contribution < -0.4 is 0 Å². The minimum Gasteiger partial charge on any atom is -0.381 e. The molecule has 2 heterocycles. The normalized spacial score (nSPS) is 16.9. The molecule has 0 bridgehead atoms. The fourth-order valence-corrected chi connectivity index (χ4v) is 2.85. The van der Waals surface area contributed by atoms with Gasteiger partial charge in [-0.15, -0.1) is 0 Å². The van der Waals surface area contributed by atoms with Crippen LogP contribution in [0.4, 0.5) is 0 Å². The van der Waals surface area contributed by atoms with Crippen LogP contribution in [-0.2, 0) is 4.74 Å². The van der Waals surface area contributed by atoms with E-state index in [0.29, 0.717) is 6.04 Å². The first-order chi connectivity index (χ1) is 8.83. The number of hydrogen-bond acceptors (Lipinski definition) is 2. The largest absolute Gasteiger partial charge is 0.381 e. The maximum Gasteiger partial charge on any atom is 0.0568 e. The van der Waals surface area contributed by atoms with E-state index >= 15 is 0 Å². The first-order valence-electron chi connectivity index (χ1n) is 6.21. The lowest BCUT2D eigenvalue weighted by Gasteiger charge is -2.22. The summed E-state index contributed by atoms with van der Waals surface area (Å²) in [6, 6.07) is 9.00. The fraction of sp³-hybridized carbons (Fsp3) is 0.357. The third kappa shape index (κ3) is 2.59. The zero-order chi connectivity index (χ0) is 12.4. The van der Waals surface area contributed by atoms with Crippen LogP contribution in [0.2, 0.25) is 0 Å². The Morgan fingerprint density at radius 2 is 2.06 bits per heavy atom. The first-order valence-corrected chi connectivity index (χ1v) is 7.28. The lowest BCUT2D eigenvalue weighted by molar-refractivity contribution is 0.0662. The molecule has 1 saturated heterocycles. The molecule has 1 aromatic carbocycles. The van der Waals surface area contributed by atoms with Gasteiger partial charge in [-0.25, -0.2) is 0 Å². The number of ether oxygens (including phenoxy) is 1. The van der Waals surface area contributed by atoms with Crippen molar-refractivity contribution in [3.05, 3.63) is 40.2 Å². The summed E-state index contributed by atoms with van der Waals surface area (Å²) in [4.78, 5) is 0. The average molecular weight is 354 g/mol. The van der Waals surface area contributed by atoms with E-state index in [1.807, 2.05) is 6.20 Å². The second-order valence-corrected chi connectivity index (χ2v) is 5.81. The highest BCUT2D eigenvalue weighted by atomic mass is 127. The van der Waals surface area contributed by atoms with Crippen molar-refractivity contribution in [2.75, 3.05) is 13.2 Å². The molecule has 0 unspecified atom stereocenters. The average Bonchev–Trinajstić information content (AvgIpc) is 2.89. The van der Waals surface area contributed by atoms with Crippen molar-refractivity contribution in [1.29, 1.82) is 0 Å². The van der Waals surface area contributed by atoms with Crippen molar-refractivity contribution in [1.82, 2.24) is 9.78 Å². The van der Waals surface area contributed by atoms with Gasteiger partial charge in [0.25, 0.3) is 0 Å². The van der Waals surface area contributed by atoms with Crippen molar-refractivity contribution in [3.63, 3.8) is 0 Å². The van der Waals surface area contributed by atoms with Crippen LogP contribution in [-0.4, -0.2) is 23.0 Å². The molecular weight excluding hydrogens is 339 g/mol. The van der Waals surface area contributed by atoms with Gasteiger partial charge in [0.05, 0.1) is 12.2 Å². The summed E-state index contributed by atoms with van der Waals surface area (Å²) >= 11 is 2.34. The minimum atomic E-state index is 0.496. The maximum absolute atomic E-state index is 5.39. The summed E-state index contributed by atoms with van der Waals surface area (Å²) < 4.78 is 8.73. The molecule has 0 radical (unpaired) electrons. The SMILES string of the molecule is Ic1cccc(-c2cnn(C3CCOCC3)c2)c1. The van der Waals surface area contributed by atoms with E-state index in [-0.39, 0.29) is 0 Å². The van der Waals surface area contributed by atoms with Crippen LogP contribution in [0.25, 0.3) is 11.1 Å². The standard InChI is InChI=1S/C14H15IN2O/c15-13-3-1-2-11(8-13)12-9-16-17(10-12)14-4-6-18-7-5-14/h1-3,8-10,14H,4-7H2. The van der Waals surface area contributed by atoms with E-state index in [0.717, 1.165) is 26.1 Å². The first kappa shape index (κ1) is 12.2. The molecule has 1 aliphatic heterocycles. The summed E-state index contributed by atoms with van der Waals surface area (Å²) in [5.74, 6) is 0. The van der Waals surface area contributed by atoms with Gasteiger partial charge in [-0.2, -0.15) is 5.10 Å². The lowest BCUT2D eigenvalue weighted by atomic mass is 10.1. The van der Waals surface area contributed by atoms with Crippen LogP contribution in [0.3, 0.4) is 0 Å². The van der Waals surface area contributed by atoms with Crippen LogP contribution in [0.1, 0.15) is 18.9 Å². The monoisotopic (exact) mass is 354 g/mol. The Kier molecular flexibility index (Phi) is 3.65. The molecule has 94 valence electrons. The molecule has 1 aliphatic rings. The Labute approximate surface area is 120 Å². The zero-order valence-corrected chi connectivity index (χ0v) is 12.2. The Morgan fingerprint density at radius 3 is 2.83 bits per heavy atom. The van der Waals surface area contributed by atoms with Gasteiger partial charge in [-0.3, -0.25) is 4.68 Å². The molecule has 0 aliphatic carbocycles. The van der Waals surface area contributed by atoms with Crippen molar-refractivity contribution < 1.29 is 4.74 Å². The van der Waals surface area contributed by atoms with Gasteiger partial charge in [0, 0.05) is 28.5 Å². The van der Waals surface area contributed by atoms with E-state index in [1.54, 1.807) is 0 Å². The van der Waals surface area contributed by atoms with Gasteiger partial charge < -0.3 is 4.74 Å². The Morgan fingerprint density at radius 1 is 1.22 bits per heavy atom. The lowest BCUT2D eigenvalue weighted by Crippen LogP contribution is -2.19. The second kappa shape index (κ2) is 5.40. The summed E-state index contributed by atoms with van der Waals surface area (Å²) in [5.41, 5.74) is 2.43. The highest BCUT2D eigenvalue weighted by Gasteiger charge is 2.16. The minimum absolute atomic E-state index is 0.496. The predicted octanol–water partition coefficient (Wildman–Crippen LogP) is 3.51. The number of benzene rings is 1. The van der Waals surface area contributed by atoms with Gasteiger partial charge in [-0.1, -0.05) is 12.1 Å². The summed E-state index contributed by atoms with van der Waals surface area (Å²) in [6.07, 6.45) is 6.24. The molecule has 0 atom stereocenters. The number of rotatable bonds is 2. The van der Waals surface area contributed by atoms with Gasteiger partial charge in [0.2, 0.25) is 0 Å². The van der Waals surface area contributed by atoms with E-state index < -0.39 is 0 Å². The van der Waals surface area contributed by atoms with Crippen molar-refractivity contribution in [3.8, 4) is 11.1 Å².